The van der Waals surface area contributed by atoms with Gasteiger partial charge in [-0.3, -0.25) is 5.10 Å². The van der Waals surface area contributed by atoms with Crippen molar-refractivity contribution in [1.29, 1.82) is 0 Å². The van der Waals surface area contributed by atoms with E-state index in [1.54, 1.807) is 12.3 Å². The van der Waals surface area contributed by atoms with Crippen LogP contribution >= 0.6 is 0 Å². The number of aromatic hydroxyl groups is 1. The number of benzene rings is 1. The van der Waals surface area contributed by atoms with Crippen LogP contribution in [-0.4, -0.2) is 44.8 Å². The zero-order valence-electron chi connectivity index (χ0n) is 16.3. The first-order chi connectivity index (χ1) is 14.1. The van der Waals surface area contributed by atoms with Crippen LogP contribution in [0.25, 0.3) is 22.5 Å². The normalized spacial score (nSPS) is 25.9. The van der Waals surface area contributed by atoms with Gasteiger partial charge >= 0.3 is 0 Å². The van der Waals surface area contributed by atoms with E-state index in [1.807, 2.05) is 42.3 Å². The number of aromatic amines is 1. The summed E-state index contributed by atoms with van der Waals surface area (Å²) < 4.78 is 14.9. The second-order valence-electron chi connectivity index (χ2n) is 8.28. The fourth-order valence-electron chi connectivity index (χ4n) is 4.93. The van der Waals surface area contributed by atoms with E-state index in [2.05, 4.69) is 20.4 Å². The van der Waals surface area contributed by atoms with Crippen molar-refractivity contribution in [2.45, 2.75) is 37.9 Å². The highest BCUT2D eigenvalue weighted by Crippen LogP contribution is 2.45. The summed E-state index contributed by atoms with van der Waals surface area (Å²) in [5, 5.41) is 25.9. The summed E-state index contributed by atoms with van der Waals surface area (Å²) in [7, 11) is 1.91. The maximum absolute atomic E-state index is 14.9. The van der Waals surface area contributed by atoms with E-state index in [-0.39, 0.29) is 17.7 Å². The monoisotopic (exact) mass is 393 g/mol. The second kappa shape index (κ2) is 7.13. The topological polar surface area (TPSA) is 77.9 Å². The van der Waals surface area contributed by atoms with Crippen LogP contribution in [0.5, 0.6) is 5.75 Å². The highest BCUT2D eigenvalue weighted by Gasteiger charge is 2.44. The van der Waals surface area contributed by atoms with Gasteiger partial charge in [-0.25, -0.2) is 4.39 Å². The number of halogens is 1. The number of rotatable bonds is 4. The number of alkyl halides is 1. The molecule has 0 radical (unpaired) electrons. The first-order valence-corrected chi connectivity index (χ1v) is 10.1. The quantitative estimate of drug-likeness (QED) is 0.695. The first kappa shape index (κ1) is 18.1. The SMILES string of the molecule is CN(c1ccc(-c2ccc(-c3ccn[nH]3)cc2O)nn1)[C@@H]1C[C@H]2CC[C@H](C2)[C@@H]1F. The third kappa shape index (κ3) is 3.24. The average molecular weight is 393 g/mol. The lowest BCUT2D eigenvalue weighted by molar-refractivity contribution is 0.144. The third-order valence-electron chi connectivity index (χ3n) is 6.57. The van der Waals surface area contributed by atoms with Crippen molar-refractivity contribution >= 4 is 5.82 Å². The number of anilines is 1. The summed E-state index contributed by atoms with van der Waals surface area (Å²) in [6.07, 6.45) is 4.93. The molecule has 5 rings (SSSR count). The van der Waals surface area contributed by atoms with Crippen LogP contribution in [-0.2, 0) is 0 Å². The predicted molar refractivity (Wildman–Crippen MR) is 109 cm³/mol. The molecule has 7 heteroatoms. The predicted octanol–water partition coefficient (Wildman–Crippen LogP) is 4.20. The Hall–Kier alpha value is -2.96. The van der Waals surface area contributed by atoms with E-state index < -0.39 is 6.17 Å². The van der Waals surface area contributed by atoms with Crippen molar-refractivity contribution in [2.24, 2.45) is 11.8 Å². The van der Waals surface area contributed by atoms with Gasteiger partial charge in [0.15, 0.2) is 5.82 Å². The molecule has 2 fully saturated rings. The van der Waals surface area contributed by atoms with Crippen molar-refractivity contribution < 1.29 is 9.50 Å². The van der Waals surface area contributed by atoms with Crippen molar-refractivity contribution in [3.05, 3.63) is 42.6 Å². The minimum absolute atomic E-state index is 0.125. The Morgan fingerprint density at radius 1 is 1.10 bits per heavy atom. The van der Waals surface area contributed by atoms with Gasteiger partial charge in [-0.2, -0.15) is 5.10 Å². The Balaban J connectivity index is 1.36. The standard InChI is InChI=1S/C22H24FN5O/c1-28(19-11-13-2-3-15(10-13)22(19)23)21-7-6-18(26-27-21)16-5-4-14(12-20(16)29)17-8-9-24-25-17/h4-9,12-13,15,19,22,29H,2-3,10-11H2,1H3,(H,24,25)/t13-,15+,19+,22-/m0/s1. The van der Waals surface area contributed by atoms with Crippen molar-refractivity contribution in [2.75, 3.05) is 11.9 Å². The van der Waals surface area contributed by atoms with Gasteiger partial charge < -0.3 is 10.0 Å². The average Bonchev–Trinajstić information content (AvgIpc) is 3.41. The molecular weight excluding hydrogens is 369 g/mol. The molecule has 29 heavy (non-hydrogen) atoms. The van der Waals surface area contributed by atoms with Gasteiger partial charge in [0.05, 0.1) is 17.4 Å². The molecule has 0 spiro atoms. The Labute approximate surface area is 168 Å². The van der Waals surface area contributed by atoms with Gasteiger partial charge in [0.25, 0.3) is 0 Å². The molecule has 1 aromatic carbocycles. The van der Waals surface area contributed by atoms with Gasteiger partial charge in [-0.1, -0.05) is 6.07 Å². The lowest BCUT2D eigenvalue weighted by Gasteiger charge is -2.38. The van der Waals surface area contributed by atoms with E-state index in [1.165, 1.54) is 0 Å². The molecule has 3 aromatic rings. The summed E-state index contributed by atoms with van der Waals surface area (Å²) in [6, 6.07) is 10.8. The number of phenolic OH excluding ortho intramolecular Hbond substituents is 1. The molecule has 0 saturated heterocycles. The molecule has 2 N–H and O–H groups in total. The number of nitrogens with zero attached hydrogens (tertiary/aromatic N) is 4. The molecule has 2 saturated carbocycles. The van der Waals surface area contributed by atoms with E-state index >= 15 is 0 Å². The van der Waals surface area contributed by atoms with Crippen molar-refractivity contribution in [1.82, 2.24) is 20.4 Å². The molecule has 2 heterocycles. The number of aromatic nitrogens is 4. The zero-order chi connectivity index (χ0) is 20.0. The molecule has 150 valence electrons. The van der Waals surface area contributed by atoms with Crippen LogP contribution in [0.15, 0.2) is 42.6 Å². The Bertz CT molecular complexity index is 991. The number of hydrogen-bond acceptors (Lipinski definition) is 5. The highest BCUT2D eigenvalue weighted by atomic mass is 19.1. The molecule has 2 aromatic heterocycles. The van der Waals surface area contributed by atoms with Crippen LogP contribution in [0.1, 0.15) is 25.7 Å². The Morgan fingerprint density at radius 3 is 2.72 bits per heavy atom. The minimum Gasteiger partial charge on any atom is -0.507 e. The summed E-state index contributed by atoms with van der Waals surface area (Å²) in [5.74, 6) is 1.62. The zero-order valence-corrected chi connectivity index (χ0v) is 16.3. The lowest BCUT2D eigenvalue weighted by Crippen LogP contribution is -2.46. The van der Waals surface area contributed by atoms with E-state index in [0.717, 1.165) is 36.9 Å². The summed E-state index contributed by atoms with van der Waals surface area (Å²) >= 11 is 0. The number of hydrogen-bond donors (Lipinski definition) is 2. The minimum atomic E-state index is -0.806. The van der Waals surface area contributed by atoms with Crippen LogP contribution in [0.3, 0.4) is 0 Å². The maximum Gasteiger partial charge on any atom is 0.151 e. The molecule has 4 atom stereocenters. The van der Waals surface area contributed by atoms with E-state index in [9.17, 15) is 9.50 Å². The molecule has 2 aliphatic carbocycles. The number of fused-ring (bicyclic) bond motifs is 2. The molecular formula is C22H24FN5O. The third-order valence-corrected chi connectivity index (χ3v) is 6.57. The van der Waals surface area contributed by atoms with E-state index in [4.69, 9.17) is 0 Å². The fraction of sp³-hybridized carbons (Fsp3) is 0.409. The molecule has 0 aliphatic heterocycles. The van der Waals surface area contributed by atoms with Crippen LogP contribution in [0.2, 0.25) is 0 Å². The Morgan fingerprint density at radius 2 is 2.00 bits per heavy atom. The number of phenols is 1. The van der Waals surface area contributed by atoms with Gasteiger partial charge in [0.1, 0.15) is 11.9 Å². The number of nitrogens with one attached hydrogen (secondary N) is 1. The van der Waals surface area contributed by atoms with Gasteiger partial charge in [0.2, 0.25) is 0 Å². The maximum atomic E-state index is 14.9. The second-order valence-corrected chi connectivity index (χ2v) is 8.28. The number of H-pyrrole nitrogens is 1. The molecule has 0 unspecified atom stereocenters. The van der Waals surface area contributed by atoms with Gasteiger partial charge in [-0.05, 0) is 67.9 Å². The van der Waals surface area contributed by atoms with E-state index in [0.29, 0.717) is 23.0 Å². The largest absolute Gasteiger partial charge is 0.507 e. The van der Waals surface area contributed by atoms with Gasteiger partial charge in [0, 0.05) is 24.4 Å². The van der Waals surface area contributed by atoms with Crippen molar-refractivity contribution in [3.63, 3.8) is 0 Å². The van der Waals surface area contributed by atoms with Crippen molar-refractivity contribution in [3.8, 4) is 28.3 Å². The van der Waals surface area contributed by atoms with Gasteiger partial charge in [-0.15, -0.1) is 10.2 Å². The highest BCUT2D eigenvalue weighted by molar-refractivity contribution is 5.73. The lowest BCUT2D eigenvalue weighted by atomic mass is 9.83. The summed E-state index contributed by atoms with van der Waals surface area (Å²) in [4.78, 5) is 1.94. The molecule has 2 bridgehead atoms. The van der Waals surface area contributed by atoms with Crippen LogP contribution in [0.4, 0.5) is 10.2 Å². The first-order valence-electron chi connectivity index (χ1n) is 10.1. The van der Waals surface area contributed by atoms with Crippen LogP contribution < -0.4 is 4.90 Å². The fourth-order valence-corrected chi connectivity index (χ4v) is 4.93. The summed E-state index contributed by atoms with van der Waals surface area (Å²) in [6.45, 7) is 0. The van der Waals surface area contributed by atoms with Crippen LogP contribution in [0, 0.1) is 11.8 Å². The summed E-state index contributed by atoms with van der Waals surface area (Å²) in [5.41, 5.74) is 2.86. The smallest absolute Gasteiger partial charge is 0.151 e. The Kier molecular flexibility index (Phi) is 4.45. The molecule has 2 aliphatic rings. The molecule has 0 amide bonds. The molecule has 6 nitrogen and oxygen atoms in total.